The van der Waals surface area contributed by atoms with Crippen LogP contribution in [0.2, 0.25) is 0 Å². The van der Waals surface area contributed by atoms with Crippen LogP contribution in [0.4, 0.5) is 0 Å². The molecule has 16 aromatic rings. The number of hydrogen-bond acceptors (Lipinski definition) is 5. The van der Waals surface area contributed by atoms with Crippen LogP contribution in [-0.2, 0) is 0 Å². The summed E-state index contributed by atoms with van der Waals surface area (Å²) in [5.74, 6) is 1.73. The van der Waals surface area contributed by atoms with E-state index in [4.69, 9.17) is 23.8 Å². The van der Waals surface area contributed by atoms with E-state index in [2.05, 4.69) is 205 Å². The van der Waals surface area contributed by atoms with Gasteiger partial charge in [-0.05, 0) is 121 Å². The molecule has 0 unspecified atom stereocenters. The van der Waals surface area contributed by atoms with Crippen molar-refractivity contribution in [3.8, 4) is 62.1 Å². The first-order chi connectivity index (χ1) is 37.2. The summed E-state index contributed by atoms with van der Waals surface area (Å²) >= 11 is 0. The molecule has 0 amide bonds. The predicted octanol–water partition coefficient (Wildman–Crippen LogP) is 18.6. The molecule has 6 heteroatoms. The minimum Gasteiger partial charge on any atom is -0.456 e. The van der Waals surface area contributed by atoms with Gasteiger partial charge in [-0.3, -0.25) is 0 Å². The Morgan fingerprint density at radius 1 is 0.253 bits per heavy atom. The summed E-state index contributed by atoms with van der Waals surface area (Å²) in [6.07, 6.45) is 0. The molecule has 0 N–H and O–H groups in total. The lowest BCUT2D eigenvalue weighted by Crippen LogP contribution is -2.01. The quantitative estimate of drug-likeness (QED) is 0.155. The van der Waals surface area contributed by atoms with Crippen molar-refractivity contribution in [2.75, 3.05) is 0 Å². The lowest BCUT2D eigenvalue weighted by Gasteiger charge is -2.12. The van der Waals surface area contributed by atoms with Gasteiger partial charge in [0, 0.05) is 54.7 Å². The zero-order valence-corrected chi connectivity index (χ0v) is 40.2. The van der Waals surface area contributed by atoms with Crippen LogP contribution < -0.4 is 0 Å². The van der Waals surface area contributed by atoms with Crippen molar-refractivity contribution in [2.24, 2.45) is 0 Å². The van der Waals surface area contributed by atoms with E-state index in [-0.39, 0.29) is 0 Å². The highest BCUT2D eigenvalue weighted by Gasteiger charge is 2.21. The largest absolute Gasteiger partial charge is 0.456 e. The fraction of sp³-hybridized carbons (Fsp3) is 0. The van der Waals surface area contributed by atoms with Crippen molar-refractivity contribution in [1.29, 1.82) is 0 Å². The topological polar surface area (TPSA) is 69.9 Å². The van der Waals surface area contributed by atoms with E-state index in [0.717, 1.165) is 99.5 Å². The number of para-hydroxylation sites is 2. The summed E-state index contributed by atoms with van der Waals surface area (Å²) in [5.41, 5.74) is 13.6. The van der Waals surface area contributed by atoms with E-state index in [9.17, 15) is 0 Å². The van der Waals surface area contributed by atoms with Crippen molar-refractivity contribution in [2.45, 2.75) is 0 Å². The van der Waals surface area contributed by atoms with Crippen molar-refractivity contribution in [3.63, 3.8) is 0 Å². The Morgan fingerprint density at radius 2 is 0.707 bits per heavy atom. The average Bonchev–Trinajstić information content (AvgIpc) is 4.19. The van der Waals surface area contributed by atoms with Gasteiger partial charge in [0.25, 0.3) is 0 Å². The molecule has 0 saturated carbocycles. The zero-order chi connectivity index (χ0) is 49.1. The Labute approximate surface area is 429 Å². The summed E-state index contributed by atoms with van der Waals surface area (Å²) < 4.78 is 15.6. The van der Waals surface area contributed by atoms with Crippen LogP contribution in [0.25, 0.3) is 160 Å². The molecule has 0 aliphatic heterocycles. The van der Waals surface area contributed by atoms with Crippen LogP contribution in [0.5, 0.6) is 0 Å². The molecular weight excluding hydrogens is 917 g/mol. The Kier molecular flexibility index (Phi) is 8.94. The van der Waals surface area contributed by atoms with Gasteiger partial charge in [0.2, 0.25) is 0 Å². The molecular formula is C69H40N4O2. The summed E-state index contributed by atoms with van der Waals surface area (Å²) in [7, 11) is 0. The van der Waals surface area contributed by atoms with Gasteiger partial charge >= 0.3 is 0 Å². The standard InChI is InChI=1S/C69H40N4O2/c1-2-15-41(16-3-1)67-70-68(45-17-12-18-46(37-45)73-59-27-10-8-23-53(59)54-24-9-11-28-60(54)73)72-69(71-67)55-26-14-30-64-66(55)58-40-44(33-36-62(58)75-64)47-25-13-29-63-65(47)57-39-43(32-35-61(57)74-63)42-31-34-52-50-21-5-4-19-48(50)49-20-6-7-22-51(49)56(52)38-42/h1-40H. The Morgan fingerprint density at radius 3 is 1.36 bits per heavy atom. The molecule has 348 valence electrons. The van der Waals surface area contributed by atoms with Crippen LogP contribution >= 0.6 is 0 Å². The smallest absolute Gasteiger partial charge is 0.164 e. The Bertz CT molecular complexity index is 4940. The van der Waals surface area contributed by atoms with E-state index in [0.29, 0.717) is 17.5 Å². The number of rotatable bonds is 6. The van der Waals surface area contributed by atoms with Crippen LogP contribution in [-0.4, -0.2) is 19.5 Å². The van der Waals surface area contributed by atoms with E-state index in [1.165, 1.54) is 43.1 Å². The van der Waals surface area contributed by atoms with Gasteiger partial charge in [-0.15, -0.1) is 0 Å². The number of aromatic nitrogens is 4. The van der Waals surface area contributed by atoms with Crippen LogP contribution in [0.3, 0.4) is 0 Å². The predicted molar refractivity (Wildman–Crippen MR) is 308 cm³/mol. The average molecular weight is 957 g/mol. The molecule has 0 aliphatic rings. The normalized spacial score (nSPS) is 12.0. The van der Waals surface area contributed by atoms with Gasteiger partial charge in [-0.25, -0.2) is 15.0 Å². The third-order valence-corrected chi connectivity index (χ3v) is 15.2. The lowest BCUT2D eigenvalue weighted by atomic mass is 9.91. The fourth-order valence-corrected chi connectivity index (χ4v) is 11.8. The number of furan rings is 2. The number of fused-ring (bicyclic) bond motifs is 15. The third-order valence-electron chi connectivity index (χ3n) is 15.2. The molecule has 75 heavy (non-hydrogen) atoms. The summed E-state index contributed by atoms with van der Waals surface area (Å²) in [6.45, 7) is 0. The lowest BCUT2D eigenvalue weighted by molar-refractivity contribution is 0.669. The summed E-state index contributed by atoms with van der Waals surface area (Å²) in [5, 5.41) is 14.0. The first-order valence-corrected chi connectivity index (χ1v) is 25.3. The highest BCUT2D eigenvalue weighted by atomic mass is 16.3. The van der Waals surface area contributed by atoms with Crippen molar-refractivity contribution < 1.29 is 8.83 Å². The number of hydrogen-bond donors (Lipinski definition) is 0. The monoisotopic (exact) mass is 956 g/mol. The maximum absolute atomic E-state index is 6.66. The van der Waals surface area contributed by atoms with Gasteiger partial charge < -0.3 is 13.4 Å². The molecule has 16 rings (SSSR count). The molecule has 0 saturated heterocycles. The molecule has 0 bridgehead atoms. The molecule has 4 heterocycles. The Balaban J connectivity index is 0.845. The fourth-order valence-electron chi connectivity index (χ4n) is 11.8. The van der Waals surface area contributed by atoms with Crippen LogP contribution in [0.15, 0.2) is 251 Å². The van der Waals surface area contributed by atoms with Crippen molar-refractivity contribution in [3.05, 3.63) is 243 Å². The van der Waals surface area contributed by atoms with Gasteiger partial charge in [0.05, 0.1) is 11.0 Å². The first-order valence-electron chi connectivity index (χ1n) is 25.3. The van der Waals surface area contributed by atoms with Gasteiger partial charge in [0.1, 0.15) is 22.3 Å². The van der Waals surface area contributed by atoms with Crippen molar-refractivity contribution >= 4 is 98.0 Å². The van der Waals surface area contributed by atoms with Gasteiger partial charge in [-0.2, -0.15) is 0 Å². The second-order valence-corrected chi connectivity index (χ2v) is 19.4. The maximum Gasteiger partial charge on any atom is 0.164 e. The van der Waals surface area contributed by atoms with Crippen molar-refractivity contribution in [1.82, 2.24) is 19.5 Å². The van der Waals surface area contributed by atoms with E-state index in [1.54, 1.807) is 0 Å². The van der Waals surface area contributed by atoms with E-state index in [1.807, 2.05) is 42.5 Å². The maximum atomic E-state index is 6.66. The molecule has 0 spiro atoms. The van der Waals surface area contributed by atoms with E-state index < -0.39 is 0 Å². The minimum absolute atomic E-state index is 0.560. The molecule has 0 fully saturated rings. The highest BCUT2D eigenvalue weighted by Crippen LogP contribution is 2.44. The third kappa shape index (κ3) is 6.43. The summed E-state index contributed by atoms with van der Waals surface area (Å²) in [6, 6.07) is 85.7. The molecule has 0 radical (unpaired) electrons. The molecule has 12 aromatic carbocycles. The summed E-state index contributed by atoms with van der Waals surface area (Å²) in [4.78, 5) is 15.7. The van der Waals surface area contributed by atoms with Gasteiger partial charge in [0.15, 0.2) is 17.5 Å². The second kappa shape index (κ2) is 16.2. The van der Waals surface area contributed by atoms with E-state index >= 15 is 0 Å². The molecule has 4 aromatic heterocycles. The zero-order valence-electron chi connectivity index (χ0n) is 40.2. The minimum atomic E-state index is 0.560. The van der Waals surface area contributed by atoms with Crippen LogP contribution in [0, 0.1) is 0 Å². The highest BCUT2D eigenvalue weighted by molar-refractivity contribution is 6.26. The molecule has 0 atom stereocenters. The van der Waals surface area contributed by atoms with Crippen LogP contribution in [0.1, 0.15) is 0 Å². The Hall–Kier alpha value is -10.2. The first kappa shape index (κ1) is 41.4. The number of benzene rings is 12. The number of nitrogens with zero attached hydrogens (tertiary/aromatic N) is 4. The van der Waals surface area contributed by atoms with Gasteiger partial charge in [-0.1, -0.05) is 176 Å². The second-order valence-electron chi connectivity index (χ2n) is 19.4. The molecule has 6 nitrogen and oxygen atoms in total. The molecule has 0 aliphatic carbocycles. The SMILES string of the molecule is c1ccc(-c2nc(-c3cccc(-n4c5ccccc5c5ccccc54)c3)nc(-c3cccc4oc5ccc(-c6cccc7oc8ccc(-c9ccc%10c%11ccccc%11c%11ccccc%11c%10c9)cc8c67)cc5c34)n2)cc1.